The Labute approximate surface area is 220 Å². The van der Waals surface area contributed by atoms with Crippen LogP contribution >= 0.6 is 11.8 Å². The van der Waals surface area contributed by atoms with Gasteiger partial charge < -0.3 is 19.7 Å². The zero-order chi connectivity index (χ0) is 26.2. The van der Waals surface area contributed by atoms with Crippen molar-refractivity contribution in [2.75, 3.05) is 12.9 Å². The van der Waals surface area contributed by atoms with Crippen molar-refractivity contribution in [1.82, 2.24) is 0 Å². The van der Waals surface area contributed by atoms with Crippen LogP contribution in [0.3, 0.4) is 0 Å². The smallest absolute Gasteiger partial charge is 0.310 e. The Kier molecular flexibility index (Phi) is 14.5. The van der Waals surface area contributed by atoms with E-state index in [-0.39, 0.29) is 17.9 Å². The first-order valence-corrected chi connectivity index (χ1v) is 14.1. The molecule has 1 aromatic rings. The minimum absolute atomic E-state index is 0.196. The standard InChI is InChI=1S/C29H42O6S/c1-3-12-28(33)35-26-21-25(31)24(29(26)36-20-11-5-8-17-27(32)34-2)19-18-23(30)16-10-9-15-22-13-6-4-7-14-22/h4,6-7,13-14,18-19,23-25,30-31H,3,5,8-12,15-17,20-21H2,1-2H3/t23?,24-,25+/m0/s1. The number of methoxy groups -OCH3 is 1. The number of esters is 2. The number of ether oxygens (including phenoxy) is 2. The maximum Gasteiger partial charge on any atom is 0.310 e. The highest BCUT2D eigenvalue weighted by Gasteiger charge is 2.34. The van der Waals surface area contributed by atoms with Crippen LogP contribution in [-0.4, -0.2) is 47.2 Å². The van der Waals surface area contributed by atoms with Crippen molar-refractivity contribution < 1.29 is 29.3 Å². The van der Waals surface area contributed by atoms with E-state index in [1.54, 1.807) is 17.8 Å². The molecular formula is C29H42O6S. The summed E-state index contributed by atoms with van der Waals surface area (Å²) in [4.78, 5) is 24.3. The number of carbonyl (C=O) groups excluding carboxylic acids is 2. The maximum absolute atomic E-state index is 12.1. The highest BCUT2D eigenvalue weighted by molar-refractivity contribution is 8.03. The minimum Gasteiger partial charge on any atom is -0.469 e. The zero-order valence-electron chi connectivity index (χ0n) is 21.7. The molecular weight excluding hydrogens is 476 g/mol. The number of aliphatic hydroxyl groups is 2. The highest BCUT2D eigenvalue weighted by Crippen LogP contribution is 2.41. The Morgan fingerprint density at radius 1 is 1.08 bits per heavy atom. The number of aliphatic hydroxyl groups excluding tert-OH is 2. The molecule has 0 saturated carbocycles. The second kappa shape index (κ2) is 17.4. The lowest BCUT2D eigenvalue weighted by Gasteiger charge is -2.15. The first kappa shape index (κ1) is 30.1. The van der Waals surface area contributed by atoms with Crippen molar-refractivity contribution in [2.24, 2.45) is 5.92 Å². The van der Waals surface area contributed by atoms with Gasteiger partial charge in [-0.2, -0.15) is 0 Å². The number of carbonyl (C=O) groups is 2. The normalized spacial score (nSPS) is 18.6. The number of benzene rings is 1. The number of thioether (sulfide) groups is 1. The number of rotatable bonds is 17. The first-order chi connectivity index (χ1) is 17.4. The van der Waals surface area contributed by atoms with Crippen LogP contribution in [0.25, 0.3) is 0 Å². The summed E-state index contributed by atoms with van der Waals surface area (Å²) in [5, 5.41) is 21.2. The molecule has 6 nitrogen and oxygen atoms in total. The fourth-order valence-electron chi connectivity index (χ4n) is 4.16. The van der Waals surface area contributed by atoms with Crippen LogP contribution in [0.5, 0.6) is 0 Å². The lowest BCUT2D eigenvalue weighted by atomic mass is 10.0. The molecule has 0 spiro atoms. The Hall–Kier alpha value is -2.09. The van der Waals surface area contributed by atoms with Crippen LogP contribution in [-0.2, 0) is 25.5 Å². The predicted molar refractivity (Wildman–Crippen MR) is 144 cm³/mol. The van der Waals surface area contributed by atoms with E-state index in [1.807, 2.05) is 31.2 Å². The molecule has 2 N–H and O–H groups in total. The van der Waals surface area contributed by atoms with E-state index in [1.165, 1.54) is 12.7 Å². The van der Waals surface area contributed by atoms with Gasteiger partial charge >= 0.3 is 11.9 Å². The molecule has 1 unspecified atom stereocenters. The topological polar surface area (TPSA) is 93.1 Å². The van der Waals surface area contributed by atoms with E-state index in [0.717, 1.165) is 49.2 Å². The molecule has 36 heavy (non-hydrogen) atoms. The van der Waals surface area contributed by atoms with Gasteiger partial charge in [-0.05, 0) is 49.8 Å². The van der Waals surface area contributed by atoms with Gasteiger partial charge in [-0.25, -0.2) is 0 Å². The average Bonchev–Trinajstić information content (AvgIpc) is 3.16. The maximum atomic E-state index is 12.1. The van der Waals surface area contributed by atoms with Crippen molar-refractivity contribution >= 4 is 23.7 Å². The van der Waals surface area contributed by atoms with Crippen molar-refractivity contribution in [3.05, 3.63) is 58.7 Å². The highest BCUT2D eigenvalue weighted by atomic mass is 32.2. The van der Waals surface area contributed by atoms with E-state index in [2.05, 4.69) is 16.9 Å². The van der Waals surface area contributed by atoms with E-state index in [0.29, 0.717) is 37.9 Å². The Morgan fingerprint density at radius 2 is 1.86 bits per heavy atom. The molecule has 0 aliphatic heterocycles. The fraction of sp³-hybridized carbons (Fsp3) is 0.586. The summed E-state index contributed by atoms with van der Waals surface area (Å²) >= 11 is 1.59. The molecule has 0 amide bonds. The van der Waals surface area contributed by atoms with Crippen LogP contribution in [0.1, 0.15) is 76.7 Å². The van der Waals surface area contributed by atoms with Crippen LogP contribution in [0.15, 0.2) is 53.1 Å². The Morgan fingerprint density at radius 3 is 2.58 bits per heavy atom. The summed E-state index contributed by atoms with van der Waals surface area (Å²) in [5.41, 5.74) is 1.30. The molecule has 1 aliphatic rings. The van der Waals surface area contributed by atoms with Crippen LogP contribution in [0.2, 0.25) is 0 Å². The van der Waals surface area contributed by atoms with E-state index in [9.17, 15) is 19.8 Å². The van der Waals surface area contributed by atoms with Crippen molar-refractivity contribution in [1.29, 1.82) is 0 Å². The molecule has 0 saturated heterocycles. The third-order valence-corrected chi connectivity index (χ3v) is 7.49. The van der Waals surface area contributed by atoms with Gasteiger partial charge in [0.15, 0.2) is 0 Å². The largest absolute Gasteiger partial charge is 0.469 e. The summed E-state index contributed by atoms with van der Waals surface area (Å²) in [6, 6.07) is 10.3. The summed E-state index contributed by atoms with van der Waals surface area (Å²) in [7, 11) is 1.40. The number of unbranched alkanes of at least 4 members (excludes halogenated alkanes) is 3. The van der Waals surface area contributed by atoms with Crippen molar-refractivity contribution in [3.8, 4) is 0 Å². The van der Waals surface area contributed by atoms with Crippen LogP contribution < -0.4 is 0 Å². The predicted octanol–water partition coefficient (Wildman–Crippen LogP) is 5.72. The van der Waals surface area contributed by atoms with Gasteiger partial charge in [0.25, 0.3) is 0 Å². The van der Waals surface area contributed by atoms with Crippen LogP contribution in [0, 0.1) is 5.92 Å². The monoisotopic (exact) mass is 518 g/mol. The van der Waals surface area contributed by atoms with Gasteiger partial charge in [0.1, 0.15) is 5.76 Å². The summed E-state index contributed by atoms with van der Waals surface area (Å²) in [6.07, 6.45) is 10.3. The molecule has 3 atom stereocenters. The lowest BCUT2D eigenvalue weighted by molar-refractivity contribution is -0.141. The number of hydrogen-bond donors (Lipinski definition) is 2. The Bertz CT molecular complexity index is 851. The molecule has 0 heterocycles. The molecule has 1 aliphatic carbocycles. The SMILES string of the molecule is CCCC(=O)OC1=C(SCCCCCC(=O)OC)[C@@H](C=CC(O)CCCCc2ccccc2)[C@H](O)C1. The van der Waals surface area contributed by atoms with Crippen molar-refractivity contribution in [3.63, 3.8) is 0 Å². The van der Waals surface area contributed by atoms with Gasteiger partial charge in [0.2, 0.25) is 0 Å². The molecule has 1 aromatic carbocycles. The molecule has 0 aromatic heterocycles. The van der Waals surface area contributed by atoms with Gasteiger partial charge in [-0.1, -0.05) is 62.2 Å². The summed E-state index contributed by atoms with van der Waals surface area (Å²) < 4.78 is 10.3. The molecule has 0 fully saturated rings. The lowest BCUT2D eigenvalue weighted by Crippen LogP contribution is -2.14. The van der Waals surface area contributed by atoms with E-state index in [4.69, 9.17) is 4.74 Å². The van der Waals surface area contributed by atoms with E-state index < -0.39 is 12.2 Å². The quantitative estimate of drug-likeness (QED) is 0.155. The molecule has 7 heteroatoms. The summed E-state index contributed by atoms with van der Waals surface area (Å²) in [6.45, 7) is 1.93. The van der Waals surface area contributed by atoms with Crippen molar-refractivity contribution in [2.45, 2.75) is 89.8 Å². The third-order valence-electron chi connectivity index (χ3n) is 6.19. The summed E-state index contributed by atoms with van der Waals surface area (Å²) in [5.74, 6) is 0.572. The van der Waals surface area contributed by atoms with Crippen LogP contribution in [0.4, 0.5) is 0 Å². The second-order valence-corrected chi connectivity index (χ2v) is 10.4. The fourth-order valence-corrected chi connectivity index (χ4v) is 5.44. The second-order valence-electron chi connectivity index (χ2n) is 9.23. The molecule has 0 radical (unpaired) electrons. The molecule has 2 rings (SSSR count). The zero-order valence-corrected chi connectivity index (χ0v) is 22.5. The third kappa shape index (κ3) is 11.3. The molecule has 200 valence electrons. The average molecular weight is 519 g/mol. The first-order valence-electron chi connectivity index (χ1n) is 13.2. The van der Waals surface area contributed by atoms with Gasteiger partial charge in [-0.15, -0.1) is 11.8 Å². The van der Waals surface area contributed by atoms with E-state index >= 15 is 0 Å². The Balaban J connectivity index is 1.89. The molecule has 0 bridgehead atoms. The van der Waals surface area contributed by atoms with Gasteiger partial charge in [0.05, 0.1) is 19.3 Å². The number of aryl methyl sites for hydroxylation is 1. The van der Waals surface area contributed by atoms with Gasteiger partial charge in [-0.3, -0.25) is 9.59 Å². The number of hydrogen-bond acceptors (Lipinski definition) is 7. The van der Waals surface area contributed by atoms with Gasteiger partial charge in [0, 0.05) is 30.1 Å². The minimum atomic E-state index is -0.683.